The second-order valence-electron chi connectivity index (χ2n) is 10.2. The molecule has 1 atom stereocenters. The highest BCUT2D eigenvalue weighted by Crippen LogP contribution is 2.29. The molecule has 0 aromatic heterocycles. The van der Waals surface area contributed by atoms with Crippen molar-refractivity contribution in [3.05, 3.63) is 137 Å². The number of aliphatic carboxylic acids is 1. The molecule has 0 saturated carbocycles. The van der Waals surface area contributed by atoms with E-state index in [1.165, 1.54) is 41.5 Å². The normalized spacial score (nSPS) is 13.2. The van der Waals surface area contributed by atoms with Gasteiger partial charge >= 0.3 is 5.97 Å². The van der Waals surface area contributed by atoms with Gasteiger partial charge in [0, 0.05) is 22.3 Å². The number of carbonyl (C=O) groups is 4. The van der Waals surface area contributed by atoms with Crippen LogP contribution in [-0.4, -0.2) is 46.3 Å². The summed E-state index contributed by atoms with van der Waals surface area (Å²) in [6.45, 7) is -0.450. The Balaban J connectivity index is 1.42. The van der Waals surface area contributed by atoms with E-state index in [0.717, 1.165) is 30.4 Å². The van der Waals surface area contributed by atoms with Crippen LogP contribution in [0.25, 0.3) is 16.7 Å². The van der Waals surface area contributed by atoms with Gasteiger partial charge in [-0.1, -0.05) is 84.9 Å². The molecule has 0 unspecified atom stereocenters. The summed E-state index contributed by atoms with van der Waals surface area (Å²) in [6, 6.07) is 28.8. The Bertz CT molecular complexity index is 1670. The van der Waals surface area contributed by atoms with Crippen LogP contribution in [0.15, 0.2) is 103 Å². The van der Waals surface area contributed by atoms with Crippen LogP contribution in [0.4, 0.5) is 0 Å². The number of ketones is 2. The molecule has 42 heavy (non-hydrogen) atoms. The lowest BCUT2D eigenvalue weighted by Gasteiger charge is -2.11. The van der Waals surface area contributed by atoms with Crippen LogP contribution in [0.2, 0.25) is 0 Å². The molecule has 0 radical (unpaired) electrons. The van der Waals surface area contributed by atoms with Gasteiger partial charge < -0.3 is 15.5 Å². The monoisotopic (exact) mass is 559 g/mol. The molecule has 7 nitrogen and oxygen atoms in total. The lowest BCUT2D eigenvalue weighted by molar-refractivity contribution is -0.146. The van der Waals surface area contributed by atoms with E-state index in [9.17, 15) is 24.3 Å². The first kappa shape index (κ1) is 28.4. The molecular weight excluding hydrogens is 530 g/mol. The number of benzene rings is 4. The fraction of sp³-hybridized carbons (Fsp3) is 0.143. The molecule has 0 spiro atoms. The zero-order chi connectivity index (χ0) is 29.6. The molecule has 3 N–H and O–H groups in total. The largest absolute Gasteiger partial charge is 0.479 e. The van der Waals surface area contributed by atoms with Crippen LogP contribution in [0.5, 0.6) is 0 Å². The standard InChI is InChI=1S/C35H29NO6/c37-31(25-12-9-24(10-13-25)22-5-2-1-3-6-22)20-30(29-18-11-23-7-4-8-28(23)19-29)33(39)26-14-16-27(17-15-26)34(40)36-21-32(38)35(41)42/h1-3,5-6,9-20,32,38H,4,7-8,21H2,(H,36,40)(H,41,42)/b30-20-/t32-/m1/s1. The summed E-state index contributed by atoms with van der Waals surface area (Å²) in [6.07, 6.45) is 2.61. The van der Waals surface area contributed by atoms with E-state index >= 15 is 0 Å². The third-order valence-electron chi connectivity index (χ3n) is 7.36. The van der Waals surface area contributed by atoms with Gasteiger partial charge in [-0.2, -0.15) is 0 Å². The van der Waals surface area contributed by atoms with E-state index in [4.69, 9.17) is 5.11 Å². The fourth-order valence-corrected chi connectivity index (χ4v) is 5.00. The molecule has 1 aliphatic carbocycles. The number of carboxylic acid groups (broad SMARTS) is 1. The average molecular weight is 560 g/mol. The number of hydrogen-bond donors (Lipinski definition) is 3. The van der Waals surface area contributed by atoms with E-state index in [0.29, 0.717) is 11.1 Å². The summed E-state index contributed by atoms with van der Waals surface area (Å²) in [5.74, 6) is -2.69. The highest BCUT2D eigenvalue weighted by Gasteiger charge is 2.21. The van der Waals surface area contributed by atoms with Crippen molar-refractivity contribution in [2.45, 2.75) is 25.4 Å². The van der Waals surface area contributed by atoms with Crippen molar-refractivity contribution in [3.63, 3.8) is 0 Å². The lowest BCUT2D eigenvalue weighted by Crippen LogP contribution is -2.36. The van der Waals surface area contributed by atoms with E-state index in [1.54, 1.807) is 12.1 Å². The van der Waals surface area contributed by atoms with Crippen molar-refractivity contribution in [2.24, 2.45) is 0 Å². The average Bonchev–Trinajstić information content (AvgIpc) is 3.50. The molecule has 0 aliphatic heterocycles. The van der Waals surface area contributed by atoms with Gasteiger partial charge in [0.15, 0.2) is 17.7 Å². The topological polar surface area (TPSA) is 121 Å². The number of aliphatic hydroxyl groups excluding tert-OH is 1. The first-order valence-electron chi connectivity index (χ1n) is 13.7. The molecule has 7 heteroatoms. The molecular formula is C35H29NO6. The number of amides is 1. The SMILES string of the molecule is O=C(/C=C(\C(=O)c1ccc(C(=O)NC[C@@H](O)C(=O)O)cc1)c1ccc2c(c1)CCC2)c1ccc(-c2ccccc2)cc1. The van der Waals surface area contributed by atoms with E-state index < -0.39 is 24.5 Å². The maximum atomic E-state index is 13.8. The molecule has 0 fully saturated rings. The lowest BCUT2D eigenvalue weighted by atomic mass is 9.92. The molecule has 5 rings (SSSR count). The van der Waals surface area contributed by atoms with Crippen LogP contribution < -0.4 is 5.32 Å². The smallest absolute Gasteiger partial charge is 0.334 e. The van der Waals surface area contributed by atoms with Gasteiger partial charge in [-0.3, -0.25) is 14.4 Å². The molecule has 0 saturated heterocycles. The van der Waals surface area contributed by atoms with Gasteiger partial charge in [0.1, 0.15) is 0 Å². The van der Waals surface area contributed by atoms with Crippen molar-refractivity contribution in [1.29, 1.82) is 0 Å². The molecule has 0 heterocycles. The van der Waals surface area contributed by atoms with Gasteiger partial charge in [0.25, 0.3) is 5.91 Å². The van der Waals surface area contributed by atoms with E-state index in [-0.39, 0.29) is 28.3 Å². The van der Waals surface area contributed by atoms with Gasteiger partial charge in [0.05, 0.1) is 6.54 Å². The quantitative estimate of drug-likeness (QED) is 0.182. The fourth-order valence-electron chi connectivity index (χ4n) is 5.00. The maximum Gasteiger partial charge on any atom is 0.334 e. The zero-order valence-corrected chi connectivity index (χ0v) is 22.7. The van der Waals surface area contributed by atoms with Crippen molar-refractivity contribution < 1.29 is 29.4 Å². The number of Topliss-reactive ketones (excluding diaryl/α,β-unsaturated/α-hetero) is 1. The van der Waals surface area contributed by atoms with Crippen molar-refractivity contribution >= 4 is 29.0 Å². The number of hydrogen-bond acceptors (Lipinski definition) is 5. The number of rotatable bonds is 10. The number of nitrogens with one attached hydrogen (secondary N) is 1. The number of allylic oxidation sites excluding steroid dienone is 2. The number of aliphatic hydroxyl groups is 1. The van der Waals surface area contributed by atoms with Crippen molar-refractivity contribution in [3.8, 4) is 11.1 Å². The van der Waals surface area contributed by atoms with Gasteiger partial charge in [0.2, 0.25) is 0 Å². The Morgan fingerprint density at radius 3 is 2.00 bits per heavy atom. The van der Waals surface area contributed by atoms with Gasteiger partial charge in [-0.05, 0) is 65.3 Å². The van der Waals surface area contributed by atoms with Crippen LogP contribution in [0.3, 0.4) is 0 Å². The van der Waals surface area contributed by atoms with Gasteiger partial charge in [-0.25, -0.2) is 4.79 Å². The number of fused-ring (bicyclic) bond motifs is 1. The Morgan fingerprint density at radius 2 is 1.31 bits per heavy atom. The van der Waals surface area contributed by atoms with E-state index in [1.807, 2.05) is 60.7 Å². The Hall–Kier alpha value is -5.14. The second kappa shape index (κ2) is 12.6. The Kier molecular flexibility index (Phi) is 8.50. The number of carboxylic acids is 1. The van der Waals surface area contributed by atoms with Gasteiger partial charge in [-0.15, -0.1) is 0 Å². The Labute approximate surface area is 243 Å². The van der Waals surface area contributed by atoms with Crippen LogP contribution in [0.1, 0.15) is 54.2 Å². The third-order valence-corrected chi connectivity index (χ3v) is 7.36. The summed E-state index contributed by atoms with van der Waals surface area (Å²) in [5, 5.41) is 20.5. The molecule has 0 bridgehead atoms. The molecule has 4 aromatic carbocycles. The third kappa shape index (κ3) is 6.43. The zero-order valence-electron chi connectivity index (χ0n) is 22.7. The van der Waals surface area contributed by atoms with E-state index in [2.05, 4.69) is 5.32 Å². The minimum absolute atomic E-state index is 0.196. The van der Waals surface area contributed by atoms with Crippen molar-refractivity contribution in [1.82, 2.24) is 5.32 Å². The highest BCUT2D eigenvalue weighted by atomic mass is 16.4. The summed E-state index contributed by atoms with van der Waals surface area (Å²) in [7, 11) is 0. The number of aryl methyl sites for hydroxylation is 2. The minimum Gasteiger partial charge on any atom is -0.479 e. The summed E-state index contributed by atoms with van der Waals surface area (Å²) in [4.78, 5) is 50.4. The minimum atomic E-state index is -1.72. The predicted octanol–water partition coefficient (Wildman–Crippen LogP) is 5.17. The molecule has 4 aromatic rings. The maximum absolute atomic E-state index is 13.8. The predicted molar refractivity (Wildman–Crippen MR) is 159 cm³/mol. The number of carbonyl (C=O) groups excluding carboxylic acids is 3. The molecule has 210 valence electrons. The molecule has 1 aliphatic rings. The first-order valence-corrected chi connectivity index (χ1v) is 13.7. The highest BCUT2D eigenvalue weighted by molar-refractivity contribution is 6.32. The summed E-state index contributed by atoms with van der Waals surface area (Å²) >= 11 is 0. The van der Waals surface area contributed by atoms with Crippen LogP contribution in [-0.2, 0) is 17.6 Å². The summed E-state index contributed by atoms with van der Waals surface area (Å²) < 4.78 is 0. The second-order valence-corrected chi connectivity index (χ2v) is 10.2. The summed E-state index contributed by atoms with van der Waals surface area (Å²) in [5.41, 5.74) is 6.28. The van der Waals surface area contributed by atoms with Crippen LogP contribution >= 0.6 is 0 Å². The first-order chi connectivity index (χ1) is 20.3. The van der Waals surface area contributed by atoms with Crippen molar-refractivity contribution in [2.75, 3.05) is 6.54 Å². The molecule has 1 amide bonds. The Morgan fingerprint density at radius 1 is 0.714 bits per heavy atom. The van der Waals surface area contributed by atoms with Crippen LogP contribution in [0, 0.1) is 0 Å².